The third kappa shape index (κ3) is 3.26. The zero-order chi connectivity index (χ0) is 19.0. The van der Waals surface area contributed by atoms with Crippen molar-refractivity contribution in [1.82, 2.24) is 20.2 Å². The number of imidazole rings is 1. The Kier molecular flexibility index (Phi) is 4.53. The molecule has 0 unspecified atom stereocenters. The van der Waals surface area contributed by atoms with Crippen LogP contribution in [0.15, 0.2) is 36.4 Å². The number of hydrogen-bond acceptors (Lipinski definition) is 4. The van der Waals surface area contributed by atoms with E-state index in [9.17, 15) is 9.59 Å². The number of fused-ring (bicyclic) bond motifs is 1. The number of nitrogens with one attached hydrogen (secondary N) is 2. The third-order valence-electron chi connectivity index (χ3n) is 4.74. The average molecular weight is 380 g/mol. The molecule has 138 valence electrons. The van der Waals surface area contributed by atoms with Crippen molar-refractivity contribution in [3.63, 3.8) is 0 Å². The van der Waals surface area contributed by atoms with Gasteiger partial charge < -0.3 is 15.2 Å². The van der Waals surface area contributed by atoms with Crippen LogP contribution in [0.3, 0.4) is 0 Å². The number of nitrogens with zero attached hydrogens (tertiary/aromatic N) is 2. The van der Waals surface area contributed by atoms with Crippen molar-refractivity contribution in [3.05, 3.63) is 63.1 Å². The van der Waals surface area contributed by atoms with E-state index in [1.54, 1.807) is 11.9 Å². The molecule has 6 nitrogen and oxygen atoms in total. The Morgan fingerprint density at radius 3 is 2.78 bits per heavy atom. The molecule has 1 aliphatic rings. The van der Waals surface area contributed by atoms with Crippen molar-refractivity contribution in [2.24, 2.45) is 0 Å². The van der Waals surface area contributed by atoms with E-state index in [1.807, 2.05) is 43.3 Å². The Hall–Kier alpha value is -2.93. The summed E-state index contributed by atoms with van der Waals surface area (Å²) >= 11 is 1.51. The number of aryl methyl sites for hydroxylation is 1. The van der Waals surface area contributed by atoms with Gasteiger partial charge in [-0.2, -0.15) is 0 Å². The van der Waals surface area contributed by atoms with Gasteiger partial charge in [0.15, 0.2) is 0 Å². The van der Waals surface area contributed by atoms with E-state index in [2.05, 4.69) is 15.3 Å². The summed E-state index contributed by atoms with van der Waals surface area (Å²) in [6.07, 6.45) is 0.762. The first-order chi connectivity index (χ1) is 13.1. The summed E-state index contributed by atoms with van der Waals surface area (Å²) in [7, 11) is 1.63. The first kappa shape index (κ1) is 17.5. The standard InChI is InChI=1S/C20H20N4O2S/c1-12-17(23-18(22-12)13-6-4-3-5-7-13)20(26)24-9-8-15-14(11-24)10-16(27-15)19(25)21-2/h3-7,10H,8-9,11H2,1-2H3,(H,21,25)(H,22,23). The van der Waals surface area contributed by atoms with E-state index in [0.717, 1.165) is 23.2 Å². The monoisotopic (exact) mass is 380 g/mol. The summed E-state index contributed by atoms with van der Waals surface area (Å²) in [5.41, 5.74) is 3.23. The maximum atomic E-state index is 13.0. The summed E-state index contributed by atoms with van der Waals surface area (Å²) in [4.78, 5) is 36.3. The molecule has 2 amide bonds. The molecule has 3 aromatic rings. The van der Waals surface area contributed by atoms with Crippen LogP contribution in [-0.2, 0) is 13.0 Å². The number of amides is 2. The van der Waals surface area contributed by atoms with Crippen molar-refractivity contribution in [3.8, 4) is 11.4 Å². The molecule has 0 aliphatic carbocycles. The molecular weight excluding hydrogens is 360 g/mol. The number of carbonyl (C=O) groups excluding carboxylic acids is 2. The Morgan fingerprint density at radius 1 is 1.26 bits per heavy atom. The summed E-state index contributed by atoms with van der Waals surface area (Å²) < 4.78 is 0. The number of H-pyrrole nitrogens is 1. The first-order valence-corrected chi connectivity index (χ1v) is 9.63. The molecule has 0 spiro atoms. The molecule has 0 saturated carbocycles. The summed E-state index contributed by atoms with van der Waals surface area (Å²) in [5, 5.41) is 2.65. The van der Waals surface area contributed by atoms with Gasteiger partial charge in [0.25, 0.3) is 11.8 Å². The molecule has 0 atom stereocenters. The first-order valence-electron chi connectivity index (χ1n) is 8.81. The molecule has 2 aromatic heterocycles. The topological polar surface area (TPSA) is 78.1 Å². The lowest BCUT2D eigenvalue weighted by molar-refractivity contribution is 0.0729. The lowest BCUT2D eigenvalue weighted by Crippen LogP contribution is -2.35. The number of rotatable bonds is 3. The molecule has 0 fully saturated rings. The molecule has 0 radical (unpaired) electrons. The van der Waals surface area contributed by atoms with Gasteiger partial charge in [0.05, 0.1) is 4.88 Å². The summed E-state index contributed by atoms with van der Waals surface area (Å²) in [6, 6.07) is 11.7. The van der Waals surface area contributed by atoms with Gasteiger partial charge >= 0.3 is 0 Å². The van der Waals surface area contributed by atoms with Crippen LogP contribution in [0.1, 0.15) is 36.3 Å². The van der Waals surface area contributed by atoms with Crippen LogP contribution in [0.4, 0.5) is 0 Å². The molecule has 7 heteroatoms. The number of benzene rings is 1. The van der Waals surface area contributed by atoms with Gasteiger partial charge in [-0.1, -0.05) is 30.3 Å². The smallest absolute Gasteiger partial charge is 0.274 e. The largest absolute Gasteiger partial charge is 0.354 e. The van der Waals surface area contributed by atoms with Gasteiger partial charge in [-0.3, -0.25) is 9.59 Å². The van der Waals surface area contributed by atoms with E-state index in [4.69, 9.17) is 0 Å². The maximum Gasteiger partial charge on any atom is 0.274 e. The van der Waals surface area contributed by atoms with E-state index in [1.165, 1.54) is 16.2 Å². The molecule has 4 rings (SSSR count). The number of carbonyl (C=O) groups is 2. The normalized spacial score (nSPS) is 13.3. The number of hydrogen-bond donors (Lipinski definition) is 2. The minimum Gasteiger partial charge on any atom is -0.354 e. The second-order valence-electron chi connectivity index (χ2n) is 6.54. The zero-order valence-corrected chi connectivity index (χ0v) is 16.0. The Morgan fingerprint density at radius 2 is 2.04 bits per heavy atom. The van der Waals surface area contributed by atoms with Crippen molar-refractivity contribution < 1.29 is 9.59 Å². The molecular formula is C20H20N4O2S. The Balaban J connectivity index is 1.57. The van der Waals surface area contributed by atoms with Crippen LogP contribution in [0.2, 0.25) is 0 Å². The van der Waals surface area contributed by atoms with E-state index in [0.29, 0.717) is 29.5 Å². The molecule has 3 heterocycles. The fourth-order valence-electron chi connectivity index (χ4n) is 3.29. The highest BCUT2D eigenvalue weighted by Crippen LogP contribution is 2.29. The highest BCUT2D eigenvalue weighted by Gasteiger charge is 2.27. The summed E-state index contributed by atoms with van der Waals surface area (Å²) in [6.45, 7) is 3.01. The van der Waals surface area contributed by atoms with E-state index in [-0.39, 0.29) is 11.8 Å². The van der Waals surface area contributed by atoms with Gasteiger partial charge in [-0.25, -0.2) is 4.98 Å². The quantitative estimate of drug-likeness (QED) is 0.733. The van der Waals surface area contributed by atoms with Crippen LogP contribution in [0.25, 0.3) is 11.4 Å². The molecule has 27 heavy (non-hydrogen) atoms. The van der Waals surface area contributed by atoms with Crippen molar-refractivity contribution in [2.75, 3.05) is 13.6 Å². The highest BCUT2D eigenvalue weighted by atomic mass is 32.1. The zero-order valence-electron chi connectivity index (χ0n) is 15.2. The second kappa shape index (κ2) is 7.00. The highest BCUT2D eigenvalue weighted by molar-refractivity contribution is 7.14. The predicted octanol–water partition coefficient (Wildman–Crippen LogP) is 3.00. The SMILES string of the molecule is CNC(=O)c1cc2c(s1)CCN(C(=O)c1nc(-c3ccccc3)[nH]c1C)C2. The van der Waals surface area contributed by atoms with Crippen molar-refractivity contribution in [1.29, 1.82) is 0 Å². The fourth-order valence-corrected chi connectivity index (χ4v) is 4.40. The number of aromatic nitrogens is 2. The van der Waals surface area contributed by atoms with Gasteiger partial charge in [-0.15, -0.1) is 11.3 Å². The van der Waals surface area contributed by atoms with Crippen molar-refractivity contribution in [2.45, 2.75) is 19.9 Å². The Bertz CT molecular complexity index is 1010. The van der Waals surface area contributed by atoms with Gasteiger partial charge in [0.1, 0.15) is 11.5 Å². The lowest BCUT2D eigenvalue weighted by atomic mass is 10.1. The molecule has 2 N–H and O–H groups in total. The molecule has 0 saturated heterocycles. The van der Waals surface area contributed by atoms with Gasteiger partial charge in [0.2, 0.25) is 0 Å². The fraction of sp³-hybridized carbons (Fsp3) is 0.250. The minimum atomic E-state index is -0.0806. The number of aromatic amines is 1. The van der Waals surface area contributed by atoms with Crippen LogP contribution in [0.5, 0.6) is 0 Å². The second-order valence-corrected chi connectivity index (χ2v) is 7.68. The third-order valence-corrected chi connectivity index (χ3v) is 5.98. The van der Waals surface area contributed by atoms with Crippen LogP contribution >= 0.6 is 11.3 Å². The molecule has 1 aromatic carbocycles. The predicted molar refractivity (Wildman–Crippen MR) is 105 cm³/mol. The molecule has 1 aliphatic heterocycles. The van der Waals surface area contributed by atoms with Gasteiger partial charge in [0, 0.05) is 36.3 Å². The van der Waals surface area contributed by atoms with Crippen LogP contribution in [-0.4, -0.2) is 40.3 Å². The Labute approximate surface area is 161 Å². The van der Waals surface area contributed by atoms with Gasteiger partial charge in [-0.05, 0) is 25.0 Å². The van der Waals surface area contributed by atoms with Crippen LogP contribution in [0, 0.1) is 6.92 Å². The van der Waals surface area contributed by atoms with Crippen LogP contribution < -0.4 is 5.32 Å². The maximum absolute atomic E-state index is 13.0. The minimum absolute atomic E-state index is 0.0794. The van der Waals surface area contributed by atoms with Crippen molar-refractivity contribution >= 4 is 23.2 Å². The summed E-state index contributed by atoms with van der Waals surface area (Å²) in [5.74, 6) is 0.541. The molecule has 0 bridgehead atoms. The lowest BCUT2D eigenvalue weighted by Gasteiger charge is -2.26. The average Bonchev–Trinajstić information content (AvgIpc) is 3.30. The number of thiophene rings is 1. The van der Waals surface area contributed by atoms with E-state index >= 15 is 0 Å². The van der Waals surface area contributed by atoms with E-state index < -0.39 is 0 Å².